The molecule has 0 atom stereocenters. The van der Waals surface area contributed by atoms with E-state index in [0.717, 1.165) is 57.4 Å². The standard InChI is InChI=1S/C26H42N2O4/c1-3-17-28(26(30)32-22-23-11-7-6-8-12-23)24-13-15-25(16-14-24)31-21-10-5-4-9-18-27(2)19-20-29/h3,6-8,11-12,24-25,29H,1,4-5,9-10,13-22H2,2H3/t24-,25-. The molecule has 0 aromatic heterocycles. The highest BCUT2D eigenvalue weighted by molar-refractivity contribution is 5.68. The van der Waals surface area contributed by atoms with Crippen LogP contribution in [0.15, 0.2) is 43.0 Å². The SMILES string of the molecule is C=CCN(C(=O)OCc1ccccc1)[C@H]1CC[C@H](OCCCCCCN(C)CCO)CC1. The molecule has 0 saturated heterocycles. The summed E-state index contributed by atoms with van der Waals surface area (Å²) < 4.78 is 11.7. The summed E-state index contributed by atoms with van der Waals surface area (Å²) in [7, 11) is 2.05. The number of likely N-dealkylation sites (N-methyl/N-ethyl adjacent to an activating group) is 1. The van der Waals surface area contributed by atoms with E-state index in [1.54, 1.807) is 6.08 Å². The number of aliphatic hydroxyl groups excluding tert-OH is 1. The summed E-state index contributed by atoms with van der Waals surface area (Å²) in [5.41, 5.74) is 0.994. The first-order valence-corrected chi connectivity index (χ1v) is 12.1. The molecule has 0 unspecified atom stereocenters. The molecule has 1 aliphatic carbocycles. The average molecular weight is 447 g/mol. The Kier molecular flexibility index (Phi) is 13.0. The normalized spacial score (nSPS) is 18.5. The Balaban J connectivity index is 1.61. The van der Waals surface area contributed by atoms with Gasteiger partial charge in [-0.05, 0) is 57.7 Å². The highest BCUT2D eigenvalue weighted by Gasteiger charge is 2.29. The number of nitrogens with zero attached hydrogens (tertiary/aromatic N) is 2. The Morgan fingerprint density at radius 2 is 1.81 bits per heavy atom. The predicted octanol–water partition coefficient (Wildman–Crippen LogP) is 4.62. The van der Waals surface area contributed by atoms with Gasteiger partial charge >= 0.3 is 6.09 Å². The van der Waals surface area contributed by atoms with E-state index in [0.29, 0.717) is 19.3 Å². The molecule has 32 heavy (non-hydrogen) atoms. The molecule has 0 bridgehead atoms. The number of ether oxygens (including phenoxy) is 2. The van der Waals surface area contributed by atoms with Crippen LogP contribution >= 0.6 is 0 Å². The van der Waals surface area contributed by atoms with Crippen molar-refractivity contribution < 1.29 is 19.4 Å². The fraction of sp³-hybridized carbons (Fsp3) is 0.654. The largest absolute Gasteiger partial charge is 0.445 e. The molecule has 0 aliphatic heterocycles. The first-order chi connectivity index (χ1) is 15.6. The molecule has 6 heteroatoms. The third kappa shape index (κ3) is 10.2. The molecule has 180 valence electrons. The molecule has 0 radical (unpaired) electrons. The summed E-state index contributed by atoms with van der Waals surface area (Å²) in [6, 6.07) is 9.96. The van der Waals surface area contributed by atoms with Gasteiger partial charge in [0, 0.05) is 25.7 Å². The molecule has 1 saturated carbocycles. The van der Waals surface area contributed by atoms with Crippen LogP contribution in [-0.2, 0) is 16.1 Å². The molecular weight excluding hydrogens is 404 g/mol. The van der Waals surface area contributed by atoms with Crippen molar-refractivity contribution in [3.8, 4) is 0 Å². The summed E-state index contributed by atoms with van der Waals surface area (Å²) in [6.45, 7) is 7.46. The Bertz CT molecular complexity index is 632. The lowest BCUT2D eigenvalue weighted by Gasteiger charge is -2.35. The lowest BCUT2D eigenvalue weighted by atomic mass is 9.92. The topological polar surface area (TPSA) is 62.2 Å². The maximum Gasteiger partial charge on any atom is 0.410 e. The van der Waals surface area contributed by atoms with Crippen LogP contribution in [0.5, 0.6) is 0 Å². The number of unbranched alkanes of at least 4 members (excludes halogenated alkanes) is 3. The summed E-state index contributed by atoms with van der Waals surface area (Å²) in [6.07, 6.45) is 10.3. The van der Waals surface area contributed by atoms with Gasteiger partial charge in [-0.2, -0.15) is 0 Å². The quantitative estimate of drug-likeness (QED) is 0.315. The fourth-order valence-corrected chi connectivity index (χ4v) is 4.21. The Labute approximate surface area is 194 Å². The monoisotopic (exact) mass is 446 g/mol. The van der Waals surface area contributed by atoms with E-state index < -0.39 is 0 Å². The zero-order valence-electron chi connectivity index (χ0n) is 19.8. The van der Waals surface area contributed by atoms with Crippen LogP contribution in [0, 0.1) is 0 Å². The van der Waals surface area contributed by atoms with Crippen LogP contribution in [0.3, 0.4) is 0 Å². The molecule has 1 amide bonds. The second-order valence-electron chi connectivity index (χ2n) is 8.72. The zero-order valence-corrected chi connectivity index (χ0v) is 19.8. The van der Waals surface area contributed by atoms with Crippen LogP contribution < -0.4 is 0 Å². The van der Waals surface area contributed by atoms with Gasteiger partial charge in [0.05, 0.1) is 12.7 Å². The number of rotatable bonds is 15. The summed E-state index contributed by atoms with van der Waals surface area (Å²) in [4.78, 5) is 16.7. The predicted molar refractivity (Wildman–Crippen MR) is 129 cm³/mol. The van der Waals surface area contributed by atoms with Crippen molar-refractivity contribution in [3.05, 3.63) is 48.6 Å². The lowest BCUT2D eigenvalue weighted by Crippen LogP contribution is -2.43. The van der Waals surface area contributed by atoms with Crippen LogP contribution in [0.1, 0.15) is 56.9 Å². The second kappa shape index (κ2) is 15.8. The van der Waals surface area contributed by atoms with Gasteiger partial charge in [-0.1, -0.05) is 49.2 Å². The third-order valence-electron chi connectivity index (χ3n) is 6.12. The van der Waals surface area contributed by atoms with Gasteiger partial charge < -0.3 is 24.4 Å². The van der Waals surface area contributed by atoms with Gasteiger partial charge in [-0.3, -0.25) is 0 Å². The lowest BCUT2D eigenvalue weighted by molar-refractivity contribution is 0.00492. The van der Waals surface area contributed by atoms with E-state index in [1.807, 2.05) is 35.2 Å². The van der Waals surface area contributed by atoms with Gasteiger partial charge in [0.25, 0.3) is 0 Å². The van der Waals surface area contributed by atoms with Crippen molar-refractivity contribution in [2.24, 2.45) is 0 Å². The van der Waals surface area contributed by atoms with Gasteiger partial charge in [0.1, 0.15) is 6.61 Å². The molecular formula is C26H42N2O4. The molecule has 1 aliphatic rings. The minimum Gasteiger partial charge on any atom is -0.445 e. The number of hydrogen-bond acceptors (Lipinski definition) is 5. The van der Waals surface area contributed by atoms with Crippen LogP contribution in [0.4, 0.5) is 4.79 Å². The van der Waals surface area contributed by atoms with E-state index >= 15 is 0 Å². The molecule has 2 rings (SSSR count). The number of amides is 1. The molecule has 0 heterocycles. The summed E-state index contributed by atoms with van der Waals surface area (Å²) >= 11 is 0. The number of aliphatic hydroxyl groups is 1. The molecule has 0 spiro atoms. The minimum atomic E-state index is -0.261. The third-order valence-corrected chi connectivity index (χ3v) is 6.12. The van der Waals surface area contributed by atoms with Crippen molar-refractivity contribution in [2.75, 3.05) is 39.9 Å². The van der Waals surface area contributed by atoms with Crippen molar-refractivity contribution in [3.63, 3.8) is 0 Å². The van der Waals surface area contributed by atoms with Crippen LogP contribution in [0.25, 0.3) is 0 Å². The first-order valence-electron chi connectivity index (χ1n) is 12.1. The fourth-order valence-electron chi connectivity index (χ4n) is 4.21. The summed E-state index contributed by atoms with van der Waals surface area (Å²) in [5, 5.41) is 8.91. The molecule has 1 fully saturated rings. The molecule has 1 N–H and O–H groups in total. The number of benzene rings is 1. The molecule has 6 nitrogen and oxygen atoms in total. The van der Waals surface area contributed by atoms with Crippen LogP contribution in [0.2, 0.25) is 0 Å². The van der Waals surface area contributed by atoms with Crippen LogP contribution in [-0.4, -0.2) is 73.0 Å². The number of hydrogen-bond donors (Lipinski definition) is 1. The highest BCUT2D eigenvalue weighted by Crippen LogP contribution is 2.26. The zero-order chi connectivity index (χ0) is 23.0. The Hall–Kier alpha value is -1.89. The van der Waals surface area contributed by atoms with E-state index in [1.165, 1.54) is 19.3 Å². The Morgan fingerprint density at radius 3 is 2.50 bits per heavy atom. The number of carbonyl (C=O) groups is 1. The second-order valence-corrected chi connectivity index (χ2v) is 8.72. The van der Waals surface area contributed by atoms with Crippen molar-refractivity contribution >= 4 is 6.09 Å². The van der Waals surface area contributed by atoms with E-state index in [9.17, 15) is 4.79 Å². The van der Waals surface area contributed by atoms with Gasteiger partial charge in [0.15, 0.2) is 0 Å². The molecule has 1 aromatic carbocycles. The van der Waals surface area contributed by atoms with Gasteiger partial charge in [0.2, 0.25) is 0 Å². The van der Waals surface area contributed by atoms with Gasteiger partial charge in [-0.15, -0.1) is 6.58 Å². The average Bonchev–Trinajstić information content (AvgIpc) is 2.82. The van der Waals surface area contributed by atoms with E-state index in [4.69, 9.17) is 14.6 Å². The minimum absolute atomic E-state index is 0.187. The van der Waals surface area contributed by atoms with E-state index in [2.05, 4.69) is 18.5 Å². The summed E-state index contributed by atoms with van der Waals surface area (Å²) in [5.74, 6) is 0. The van der Waals surface area contributed by atoms with Gasteiger partial charge in [-0.25, -0.2) is 4.79 Å². The highest BCUT2D eigenvalue weighted by atomic mass is 16.6. The Morgan fingerprint density at radius 1 is 1.09 bits per heavy atom. The maximum absolute atomic E-state index is 12.7. The smallest absolute Gasteiger partial charge is 0.410 e. The van der Waals surface area contributed by atoms with Crippen molar-refractivity contribution in [2.45, 2.75) is 70.1 Å². The first kappa shape index (κ1) is 26.4. The number of carbonyl (C=O) groups excluding carboxylic acids is 1. The van der Waals surface area contributed by atoms with Crippen molar-refractivity contribution in [1.82, 2.24) is 9.80 Å². The van der Waals surface area contributed by atoms with Crippen molar-refractivity contribution in [1.29, 1.82) is 0 Å². The maximum atomic E-state index is 12.7. The van der Waals surface area contributed by atoms with E-state index in [-0.39, 0.29) is 18.7 Å². The molecule has 1 aromatic rings.